The molecule has 0 amide bonds. The molecule has 11 heteroatoms. The second kappa shape index (κ2) is 7.91. The van der Waals surface area contributed by atoms with Gasteiger partial charge in [-0.2, -0.15) is 4.98 Å². The lowest BCUT2D eigenvalue weighted by molar-refractivity contribution is 0.356. The van der Waals surface area contributed by atoms with Crippen LogP contribution in [0.1, 0.15) is 31.5 Å². The van der Waals surface area contributed by atoms with Gasteiger partial charge in [-0.15, -0.1) is 12.4 Å². The Morgan fingerprint density at radius 3 is 2.44 bits per heavy atom. The van der Waals surface area contributed by atoms with Crippen LogP contribution in [0.2, 0.25) is 0 Å². The summed E-state index contributed by atoms with van der Waals surface area (Å²) in [5, 5.41) is 4.03. The molecular formula is C16H23ClN4O5S. The van der Waals surface area contributed by atoms with E-state index in [1.807, 2.05) is 0 Å². The summed E-state index contributed by atoms with van der Waals surface area (Å²) in [6.07, 6.45) is 4.71. The molecular weight excluding hydrogens is 396 g/mol. The predicted octanol–water partition coefficient (Wildman–Crippen LogP) is 2.28. The Kier molecular flexibility index (Phi) is 6.23. The van der Waals surface area contributed by atoms with Crippen molar-refractivity contribution in [3.8, 4) is 23.0 Å². The third-order valence-electron chi connectivity index (χ3n) is 4.39. The summed E-state index contributed by atoms with van der Waals surface area (Å²) in [5.41, 5.74) is 6.50. The number of aromatic nitrogens is 2. The highest BCUT2D eigenvalue weighted by Gasteiger charge is 2.36. The topological polar surface area (TPSA) is 130 Å². The van der Waals surface area contributed by atoms with Gasteiger partial charge in [0, 0.05) is 5.56 Å². The van der Waals surface area contributed by atoms with Gasteiger partial charge in [-0.25, -0.2) is 8.42 Å². The molecule has 0 radical (unpaired) electrons. The molecule has 0 unspecified atom stereocenters. The minimum atomic E-state index is -3.52. The summed E-state index contributed by atoms with van der Waals surface area (Å²) in [6, 6.07) is 3.19. The van der Waals surface area contributed by atoms with E-state index in [1.54, 1.807) is 12.1 Å². The summed E-state index contributed by atoms with van der Waals surface area (Å²) in [5.74, 6) is 1.28. The molecule has 1 aliphatic carbocycles. The van der Waals surface area contributed by atoms with Crippen LogP contribution in [-0.2, 0) is 15.6 Å². The molecule has 0 atom stereocenters. The van der Waals surface area contributed by atoms with Gasteiger partial charge in [-0.05, 0) is 25.0 Å². The fourth-order valence-corrected chi connectivity index (χ4v) is 3.69. The van der Waals surface area contributed by atoms with Gasteiger partial charge < -0.3 is 19.7 Å². The van der Waals surface area contributed by atoms with E-state index in [0.717, 1.165) is 31.9 Å². The van der Waals surface area contributed by atoms with Gasteiger partial charge in [0.25, 0.3) is 5.89 Å². The highest BCUT2D eigenvalue weighted by atomic mass is 35.5. The van der Waals surface area contributed by atoms with Crippen LogP contribution in [-0.4, -0.2) is 39.0 Å². The number of sulfonamides is 1. The van der Waals surface area contributed by atoms with Gasteiger partial charge in [-0.1, -0.05) is 18.0 Å². The number of benzene rings is 1. The van der Waals surface area contributed by atoms with Crippen molar-refractivity contribution in [3.05, 3.63) is 18.0 Å². The molecule has 3 N–H and O–H groups in total. The van der Waals surface area contributed by atoms with Gasteiger partial charge in [0.2, 0.25) is 10.0 Å². The average Bonchev–Trinajstić information content (AvgIpc) is 3.22. The molecule has 2 aromatic rings. The number of nitrogens with two attached hydrogens (primary N) is 1. The number of nitrogens with one attached hydrogen (secondary N) is 1. The van der Waals surface area contributed by atoms with Crippen molar-refractivity contribution in [1.29, 1.82) is 0 Å². The Labute approximate surface area is 164 Å². The van der Waals surface area contributed by atoms with E-state index in [1.165, 1.54) is 14.2 Å². The molecule has 9 nitrogen and oxygen atoms in total. The lowest BCUT2D eigenvalue weighted by Gasteiger charge is -2.17. The van der Waals surface area contributed by atoms with Crippen molar-refractivity contribution in [2.75, 3.05) is 25.2 Å². The van der Waals surface area contributed by atoms with Crippen molar-refractivity contribution in [2.45, 2.75) is 31.2 Å². The van der Waals surface area contributed by atoms with Gasteiger partial charge in [0.15, 0.2) is 17.3 Å². The zero-order chi connectivity index (χ0) is 18.9. The van der Waals surface area contributed by atoms with E-state index < -0.39 is 15.6 Å². The van der Waals surface area contributed by atoms with Gasteiger partial charge in [-0.3, -0.25) is 4.72 Å². The zero-order valence-electron chi connectivity index (χ0n) is 15.3. The van der Waals surface area contributed by atoms with Crippen molar-refractivity contribution < 1.29 is 22.4 Å². The first-order chi connectivity index (χ1) is 12.3. The molecule has 3 rings (SSSR count). The van der Waals surface area contributed by atoms with E-state index in [-0.39, 0.29) is 29.7 Å². The maximum atomic E-state index is 11.7. The summed E-state index contributed by atoms with van der Waals surface area (Å²) in [7, 11) is -0.642. The molecule has 1 heterocycles. The smallest absolute Gasteiger partial charge is 0.258 e. The molecule has 150 valence electrons. The summed E-state index contributed by atoms with van der Waals surface area (Å²) in [6.45, 7) is 0. The van der Waals surface area contributed by atoms with Gasteiger partial charge in [0.1, 0.15) is 0 Å². The number of methoxy groups -OCH3 is 2. The number of hydrogen-bond acceptors (Lipinski definition) is 8. The van der Waals surface area contributed by atoms with Crippen molar-refractivity contribution in [3.63, 3.8) is 0 Å². The van der Waals surface area contributed by atoms with Crippen LogP contribution in [0.25, 0.3) is 11.5 Å². The maximum absolute atomic E-state index is 11.7. The fourth-order valence-electron chi connectivity index (χ4n) is 3.14. The number of halogens is 1. The standard InChI is InChI=1S/C16H22N4O5S.ClH/c1-23-12-9-10(8-11(13(12)24-2)20-26(3,21)22)14-18-15(19-25-14)16(17)6-4-5-7-16;/h8-9,20H,4-7,17H2,1-3H3;1H. The molecule has 0 saturated heterocycles. The quantitative estimate of drug-likeness (QED) is 0.730. The first-order valence-corrected chi connectivity index (χ1v) is 10.0. The van der Waals surface area contributed by atoms with Crippen LogP contribution < -0.4 is 19.9 Å². The van der Waals surface area contributed by atoms with Crippen LogP contribution in [0.3, 0.4) is 0 Å². The number of rotatable bonds is 6. The van der Waals surface area contributed by atoms with Crippen LogP contribution >= 0.6 is 12.4 Å². The molecule has 1 aliphatic rings. The number of nitrogens with zero attached hydrogens (tertiary/aromatic N) is 2. The highest BCUT2D eigenvalue weighted by molar-refractivity contribution is 7.92. The largest absolute Gasteiger partial charge is 0.493 e. The molecule has 1 aromatic heterocycles. The Morgan fingerprint density at radius 1 is 1.22 bits per heavy atom. The number of anilines is 1. The average molecular weight is 419 g/mol. The molecule has 0 spiro atoms. The molecule has 1 fully saturated rings. The molecule has 1 saturated carbocycles. The van der Waals surface area contributed by atoms with Gasteiger partial charge in [0.05, 0.1) is 31.7 Å². The van der Waals surface area contributed by atoms with Crippen LogP contribution in [0.15, 0.2) is 16.7 Å². The highest BCUT2D eigenvalue weighted by Crippen LogP contribution is 2.41. The zero-order valence-corrected chi connectivity index (χ0v) is 16.9. The summed E-state index contributed by atoms with van der Waals surface area (Å²) >= 11 is 0. The van der Waals surface area contributed by atoms with Crippen molar-refractivity contribution in [1.82, 2.24) is 10.1 Å². The number of hydrogen-bond donors (Lipinski definition) is 2. The van der Waals surface area contributed by atoms with Crippen LogP contribution in [0, 0.1) is 0 Å². The maximum Gasteiger partial charge on any atom is 0.258 e. The third-order valence-corrected chi connectivity index (χ3v) is 4.98. The van der Waals surface area contributed by atoms with E-state index in [4.69, 9.17) is 19.7 Å². The van der Waals surface area contributed by atoms with Crippen LogP contribution in [0.5, 0.6) is 11.5 Å². The molecule has 27 heavy (non-hydrogen) atoms. The Bertz CT molecular complexity index is 910. The summed E-state index contributed by atoms with van der Waals surface area (Å²) in [4.78, 5) is 4.43. The summed E-state index contributed by atoms with van der Waals surface area (Å²) < 4.78 is 41.7. The lowest BCUT2D eigenvalue weighted by atomic mass is 9.99. The SMILES string of the molecule is COc1cc(-c2nc(C3(N)CCCC3)no2)cc(NS(C)(=O)=O)c1OC.Cl. The Balaban J connectivity index is 0.00000261. The minimum Gasteiger partial charge on any atom is -0.493 e. The molecule has 0 bridgehead atoms. The first-order valence-electron chi connectivity index (χ1n) is 8.13. The van der Waals surface area contributed by atoms with E-state index in [0.29, 0.717) is 17.1 Å². The first kappa shape index (κ1) is 21.3. The number of ether oxygens (including phenoxy) is 2. The lowest BCUT2D eigenvalue weighted by Crippen LogP contribution is -2.34. The monoisotopic (exact) mass is 418 g/mol. The van der Waals surface area contributed by atoms with E-state index in [9.17, 15) is 8.42 Å². The second-order valence-corrected chi connectivity index (χ2v) is 8.17. The van der Waals surface area contributed by atoms with E-state index >= 15 is 0 Å². The second-order valence-electron chi connectivity index (χ2n) is 6.42. The van der Waals surface area contributed by atoms with E-state index in [2.05, 4.69) is 14.9 Å². The van der Waals surface area contributed by atoms with Crippen molar-refractivity contribution >= 4 is 28.1 Å². The third kappa shape index (κ3) is 4.45. The molecule has 0 aliphatic heterocycles. The Hall–Kier alpha value is -2.04. The van der Waals surface area contributed by atoms with Crippen LogP contribution in [0.4, 0.5) is 5.69 Å². The van der Waals surface area contributed by atoms with Crippen molar-refractivity contribution in [2.24, 2.45) is 5.73 Å². The normalized spacial score (nSPS) is 15.9. The van der Waals surface area contributed by atoms with Gasteiger partial charge >= 0.3 is 0 Å². The molecule has 1 aromatic carbocycles. The minimum absolute atomic E-state index is 0. The fraction of sp³-hybridized carbons (Fsp3) is 0.500. The Morgan fingerprint density at radius 2 is 1.89 bits per heavy atom. The predicted molar refractivity (Wildman–Crippen MR) is 103 cm³/mol.